The van der Waals surface area contributed by atoms with Crippen molar-refractivity contribution in [1.29, 1.82) is 0 Å². The fourth-order valence-corrected chi connectivity index (χ4v) is 4.51. The number of carbonyl (C=O) groups excluding carboxylic acids is 1. The van der Waals surface area contributed by atoms with Gasteiger partial charge in [0.2, 0.25) is 0 Å². The van der Waals surface area contributed by atoms with Crippen molar-refractivity contribution in [2.24, 2.45) is 11.8 Å². The summed E-state index contributed by atoms with van der Waals surface area (Å²) in [6, 6.07) is 13.6. The van der Waals surface area contributed by atoms with E-state index in [0.717, 1.165) is 17.7 Å². The SMILES string of the molecule is CC(C)[C@@H]1Nc2c(C(=O)c3ccccc3)cc(Cl)cc2[C@@H]2C=CC[C@H]21. The highest BCUT2D eigenvalue weighted by Gasteiger charge is 2.40. The molecule has 0 amide bonds. The standard InChI is InChI=1S/C22H22ClNO/c1-13(2)20-17-10-6-9-16(17)18-11-15(23)12-19(21(18)24-20)22(25)14-7-4-3-5-8-14/h3-9,11-13,16-17,20,24H,10H2,1-2H3/t16-,17-,20+/m1/s1. The van der Waals surface area contributed by atoms with Crippen LogP contribution in [0.1, 0.15) is 47.7 Å². The van der Waals surface area contributed by atoms with Crippen LogP contribution in [0.25, 0.3) is 0 Å². The minimum Gasteiger partial charge on any atom is -0.381 e. The van der Waals surface area contributed by atoms with Crippen molar-refractivity contribution in [2.75, 3.05) is 5.32 Å². The van der Waals surface area contributed by atoms with Crippen molar-refractivity contribution in [2.45, 2.75) is 32.2 Å². The maximum atomic E-state index is 13.1. The maximum Gasteiger partial charge on any atom is 0.195 e. The van der Waals surface area contributed by atoms with E-state index in [1.54, 1.807) is 6.07 Å². The minimum absolute atomic E-state index is 0.0229. The predicted molar refractivity (Wildman–Crippen MR) is 104 cm³/mol. The zero-order valence-corrected chi connectivity index (χ0v) is 15.3. The number of hydrogen-bond acceptors (Lipinski definition) is 2. The van der Waals surface area contributed by atoms with Gasteiger partial charge >= 0.3 is 0 Å². The molecule has 2 nitrogen and oxygen atoms in total. The number of rotatable bonds is 3. The summed E-state index contributed by atoms with van der Waals surface area (Å²) in [5, 5.41) is 4.32. The van der Waals surface area contributed by atoms with Crippen LogP contribution in [0, 0.1) is 11.8 Å². The second kappa shape index (κ2) is 6.34. The zero-order chi connectivity index (χ0) is 17.6. The molecule has 0 fully saturated rings. The van der Waals surface area contributed by atoms with Crippen molar-refractivity contribution in [3.63, 3.8) is 0 Å². The van der Waals surface area contributed by atoms with E-state index in [2.05, 4.69) is 31.3 Å². The normalized spacial score (nSPS) is 23.9. The van der Waals surface area contributed by atoms with Crippen LogP contribution >= 0.6 is 11.6 Å². The number of fused-ring (bicyclic) bond motifs is 3. The maximum absolute atomic E-state index is 13.1. The summed E-state index contributed by atoms with van der Waals surface area (Å²) < 4.78 is 0. The van der Waals surface area contributed by atoms with Gasteiger partial charge in [0.1, 0.15) is 0 Å². The van der Waals surface area contributed by atoms with Crippen LogP contribution in [0.15, 0.2) is 54.6 Å². The van der Waals surface area contributed by atoms with Crippen molar-refractivity contribution < 1.29 is 4.79 Å². The van der Waals surface area contributed by atoms with E-state index in [0.29, 0.717) is 39.9 Å². The first kappa shape index (κ1) is 16.4. The van der Waals surface area contributed by atoms with E-state index in [9.17, 15) is 4.79 Å². The van der Waals surface area contributed by atoms with E-state index in [-0.39, 0.29) is 5.78 Å². The molecular weight excluding hydrogens is 330 g/mol. The van der Waals surface area contributed by atoms with Crippen LogP contribution in [0.4, 0.5) is 5.69 Å². The second-order valence-electron chi connectivity index (χ2n) is 7.38. The van der Waals surface area contributed by atoms with Gasteiger partial charge in [0.15, 0.2) is 5.78 Å². The summed E-state index contributed by atoms with van der Waals surface area (Å²) in [5.74, 6) is 1.39. The van der Waals surface area contributed by atoms with E-state index in [1.165, 1.54) is 0 Å². The topological polar surface area (TPSA) is 29.1 Å². The molecule has 1 aliphatic carbocycles. The smallest absolute Gasteiger partial charge is 0.195 e. The lowest BCUT2D eigenvalue weighted by Gasteiger charge is -2.40. The summed E-state index contributed by atoms with van der Waals surface area (Å²) >= 11 is 6.40. The molecule has 0 saturated heterocycles. The molecule has 25 heavy (non-hydrogen) atoms. The molecule has 1 N–H and O–H groups in total. The first-order chi connectivity index (χ1) is 12.1. The number of carbonyl (C=O) groups is 1. The average molecular weight is 352 g/mol. The van der Waals surface area contributed by atoms with Gasteiger partial charge in [-0.25, -0.2) is 0 Å². The molecule has 128 valence electrons. The number of allylic oxidation sites excluding steroid dienone is 2. The largest absolute Gasteiger partial charge is 0.381 e. The van der Waals surface area contributed by atoms with Crippen LogP contribution in [-0.4, -0.2) is 11.8 Å². The minimum atomic E-state index is 0.0229. The molecule has 0 bridgehead atoms. The highest BCUT2D eigenvalue weighted by Crippen LogP contribution is 2.48. The molecule has 0 aromatic heterocycles. The van der Waals surface area contributed by atoms with Gasteiger partial charge in [-0.05, 0) is 36.0 Å². The lowest BCUT2D eigenvalue weighted by molar-refractivity contribution is 0.103. The zero-order valence-electron chi connectivity index (χ0n) is 14.5. The number of anilines is 1. The van der Waals surface area contributed by atoms with Crippen molar-refractivity contribution >= 4 is 23.1 Å². The van der Waals surface area contributed by atoms with Crippen molar-refractivity contribution in [1.82, 2.24) is 0 Å². The van der Waals surface area contributed by atoms with Crippen LogP contribution in [0.2, 0.25) is 5.02 Å². The first-order valence-electron chi connectivity index (χ1n) is 8.92. The van der Waals surface area contributed by atoms with Gasteiger partial charge in [-0.3, -0.25) is 4.79 Å². The molecule has 4 rings (SSSR count). The highest BCUT2D eigenvalue weighted by atomic mass is 35.5. The summed E-state index contributed by atoms with van der Waals surface area (Å²) in [4.78, 5) is 13.1. The molecule has 0 spiro atoms. The Morgan fingerprint density at radius 3 is 2.68 bits per heavy atom. The Labute approximate surface area is 153 Å². The van der Waals surface area contributed by atoms with E-state index < -0.39 is 0 Å². The quantitative estimate of drug-likeness (QED) is 0.569. The van der Waals surface area contributed by atoms with Crippen molar-refractivity contribution in [3.8, 4) is 0 Å². The molecule has 3 atom stereocenters. The lowest BCUT2D eigenvalue weighted by Crippen LogP contribution is -2.40. The van der Waals surface area contributed by atoms with Crippen LogP contribution in [0.3, 0.4) is 0 Å². The molecule has 2 aromatic rings. The monoisotopic (exact) mass is 351 g/mol. The van der Waals surface area contributed by atoms with Gasteiger partial charge in [0.05, 0.1) is 0 Å². The third-order valence-corrected chi connectivity index (χ3v) is 5.70. The van der Waals surface area contributed by atoms with Crippen LogP contribution < -0.4 is 5.32 Å². The second-order valence-corrected chi connectivity index (χ2v) is 7.82. The van der Waals surface area contributed by atoms with Crippen molar-refractivity contribution in [3.05, 3.63) is 76.3 Å². The molecule has 1 heterocycles. The Morgan fingerprint density at radius 2 is 1.96 bits per heavy atom. The Morgan fingerprint density at radius 1 is 1.20 bits per heavy atom. The number of nitrogens with one attached hydrogen (secondary N) is 1. The third-order valence-electron chi connectivity index (χ3n) is 5.48. The number of benzene rings is 2. The van der Waals surface area contributed by atoms with Gasteiger partial charge in [0, 0.05) is 33.8 Å². The molecule has 1 aliphatic heterocycles. The molecule has 2 aromatic carbocycles. The van der Waals surface area contributed by atoms with Gasteiger partial charge in [-0.2, -0.15) is 0 Å². The van der Waals surface area contributed by atoms with Gasteiger partial charge in [-0.15, -0.1) is 0 Å². The van der Waals surface area contributed by atoms with E-state index in [4.69, 9.17) is 11.6 Å². The van der Waals surface area contributed by atoms with E-state index in [1.807, 2.05) is 36.4 Å². The number of ketones is 1. The Hall–Kier alpha value is -2.06. The summed E-state index contributed by atoms with van der Waals surface area (Å²) in [6.45, 7) is 4.49. The van der Waals surface area contributed by atoms with Crippen LogP contribution in [0.5, 0.6) is 0 Å². The molecule has 0 unspecified atom stereocenters. The van der Waals surface area contributed by atoms with E-state index >= 15 is 0 Å². The summed E-state index contributed by atoms with van der Waals surface area (Å²) in [7, 11) is 0. The van der Waals surface area contributed by atoms with Gasteiger partial charge in [-0.1, -0.05) is 67.9 Å². The Kier molecular flexibility index (Phi) is 4.16. The number of hydrogen-bond donors (Lipinski definition) is 1. The fourth-order valence-electron chi connectivity index (χ4n) is 4.29. The first-order valence-corrected chi connectivity index (χ1v) is 9.30. The van der Waals surface area contributed by atoms with Gasteiger partial charge in [0.25, 0.3) is 0 Å². The van der Waals surface area contributed by atoms with Gasteiger partial charge < -0.3 is 5.32 Å². The molecule has 0 radical (unpaired) electrons. The molecule has 3 heteroatoms. The highest BCUT2D eigenvalue weighted by molar-refractivity contribution is 6.31. The summed E-state index contributed by atoms with van der Waals surface area (Å²) in [5.41, 5.74) is 3.49. The number of halogens is 1. The lowest BCUT2D eigenvalue weighted by atomic mass is 9.74. The molecule has 0 saturated carbocycles. The molecule has 2 aliphatic rings. The molecular formula is C22H22ClNO. The Bertz CT molecular complexity index is 841. The Balaban J connectivity index is 1.86. The summed E-state index contributed by atoms with van der Waals surface area (Å²) in [6.07, 6.45) is 5.63. The van der Waals surface area contributed by atoms with Crippen LogP contribution in [-0.2, 0) is 0 Å². The third kappa shape index (κ3) is 2.79. The fraction of sp³-hybridized carbons (Fsp3) is 0.318. The predicted octanol–water partition coefficient (Wildman–Crippen LogP) is 5.68. The average Bonchev–Trinajstić information content (AvgIpc) is 3.10.